The van der Waals surface area contributed by atoms with Crippen LogP contribution in [0.3, 0.4) is 0 Å². The number of aliphatic hydroxyl groups is 1. The van der Waals surface area contributed by atoms with Crippen LogP contribution in [0.4, 0.5) is 4.39 Å². The number of rotatable bonds is 4. The normalized spacial score (nSPS) is 22.9. The Labute approximate surface area is 190 Å². The first-order valence-corrected chi connectivity index (χ1v) is 11.2. The minimum atomic E-state index is -1.10. The summed E-state index contributed by atoms with van der Waals surface area (Å²) in [5.41, 5.74) is 1.43. The van der Waals surface area contributed by atoms with E-state index in [9.17, 15) is 23.9 Å². The monoisotopic (exact) mass is 452 g/mol. The van der Waals surface area contributed by atoms with Gasteiger partial charge in [0.1, 0.15) is 17.5 Å². The lowest BCUT2D eigenvalue weighted by molar-refractivity contribution is -0.136. The number of halogens is 1. The fourth-order valence-corrected chi connectivity index (χ4v) is 4.88. The molecule has 8 nitrogen and oxygen atoms in total. The Balaban J connectivity index is 1.26. The molecular formula is C24H25FN4O4. The van der Waals surface area contributed by atoms with Crippen LogP contribution < -0.4 is 5.32 Å². The molecule has 2 N–H and O–H groups in total. The summed E-state index contributed by atoms with van der Waals surface area (Å²) in [6.45, 7) is 2.19. The van der Waals surface area contributed by atoms with Crippen molar-refractivity contribution in [3.05, 3.63) is 64.7 Å². The summed E-state index contributed by atoms with van der Waals surface area (Å²) in [5, 5.41) is 13.6. The molecule has 0 bridgehead atoms. The van der Waals surface area contributed by atoms with Gasteiger partial charge in [0.2, 0.25) is 11.8 Å². The zero-order valence-corrected chi connectivity index (χ0v) is 18.1. The number of likely N-dealkylation sites (tertiary alicyclic amines) is 1. The van der Waals surface area contributed by atoms with Crippen molar-refractivity contribution in [2.24, 2.45) is 0 Å². The average molecular weight is 452 g/mol. The van der Waals surface area contributed by atoms with Gasteiger partial charge in [-0.15, -0.1) is 0 Å². The number of hydrogen-bond donors (Lipinski definition) is 2. The number of nitrogens with zero attached hydrogens (tertiary/aromatic N) is 3. The summed E-state index contributed by atoms with van der Waals surface area (Å²) in [6, 6.07) is 9.11. The van der Waals surface area contributed by atoms with Gasteiger partial charge in [0.05, 0.1) is 23.5 Å². The predicted octanol–water partition coefficient (Wildman–Crippen LogP) is 1.47. The molecule has 0 radical (unpaired) electrons. The van der Waals surface area contributed by atoms with Crippen LogP contribution in [0, 0.1) is 5.82 Å². The number of benzene rings is 1. The third-order valence-corrected chi connectivity index (χ3v) is 6.85. The van der Waals surface area contributed by atoms with Gasteiger partial charge in [-0.1, -0.05) is 12.1 Å². The first kappa shape index (κ1) is 21.7. The highest BCUT2D eigenvalue weighted by atomic mass is 19.1. The van der Waals surface area contributed by atoms with Gasteiger partial charge in [0.15, 0.2) is 0 Å². The average Bonchev–Trinajstić information content (AvgIpc) is 3.13. The maximum absolute atomic E-state index is 13.1. The molecule has 3 aliphatic rings. The fourth-order valence-electron chi connectivity index (χ4n) is 4.88. The molecule has 2 aromatic rings. The van der Waals surface area contributed by atoms with Gasteiger partial charge in [-0.05, 0) is 49.1 Å². The summed E-state index contributed by atoms with van der Waals surface area (Å²) in [4.78, 5) is 44.8. The molecule has 1 unspecified atom stereocenters. The van der Waals surface area contributed by atoms with E-state index in [1.165, 1.54) is 17.0 Å². The molecule has 1 aromatic heterocycles. The number of carbonyl (C=O) groups excluding carboxylic acids is 3. The van der Waals surface area contributed by atoms with E-state index in [-0.39, 0.29) is 30.6 Å². The van der Waals surface area contributed by atoms with E-state index in [4.69, 9.17) is 0 Å². The van der Waals surface area contributed by atoms with Crippen molar-refractivity contribution in [1.82, 2.24) is 20.1 Å². The third kappa shape index (κ3) is 4.14. The van der Waals surface area contributed by atoms with Crippen molar-refractivity contribution in [2.45, 2.75) is 50.4 Å². The van der Waals surface area contributed by atoms with Crippen LogP contribution in [0.15, 0.2) is 36.4 Å². The highest BCUT2D eigenvalue weighted by molar-refractivity contribution is 6.05. The van der Waals surface area contributed by atoms with Gasteiger partial charge in [0, 0.05) is 26.1 Å². The molecule has 33 heavy (non-hydrogen) atoms. The lowest BCUT2D eigenvalue weighted by Gasteiger charge is -2.38. The Morgan fingerprint density at radius 1 is 1.09 bits per heavy atom. The molecule has 172 valence electrons. The number of carbonyl (C=O) groups is 3. The summed E-state index contributed by atoms with van der Waals surface area (Å²) in [6.07, 6.45) is 1.48. The molecule has 0 aliphatic carbocycles. The summed E-state index contributed by atoms with van der Waals surface area (Å²) < 4.78 is 13.1. The number of fused-ring (bicyclic) bond motifs is 1. The molecule has 3 aliphatic heterocycles. The lowest BCUT2D eigenvalue weighted by atomic mass is 9.87. The Morgan fingerprint density at radius 3 is 2.52 bits per heavy atom. The highest BCUT2D eigenvalue weighted by Crippen LogP contribution is 2.34. The molecular weight excluding hydrogens is 427 g/mol. The minimum absolute atomic E-state index is 0.182. The predicted molar refractivity (Wildman–Crippen MR) is 115 cm³/mol. The molecule has 9 heteroatoms. The van der Waals surface area contributed by atoms with Crippen molar-refractivity contribution in [3.8, 4) is 0 Å². The Morgan fingerprint density at radius 2 is 1.82 bits per heavy atom. The molecule has 2 saturated heterocycles. The Hall–Kier alpha value is -3.17. The van der Waals surface area contributed by atoms with Crippen LogP contribution in [0.25, 0.3) is 0 Å². The number of aromatic nitrogens is 1. The standard InChI is InChI=1S/C24H25FN4O4/c25-16-3-1-15(2-4-16)13-28-11-9-24(33,10-12-28)20-7-5-17-18(26-20)14-29(23(17)32)19-6-8-21(30)27-22(19)31/h1-5,7,19,33H,6,8-14H2,(H,27,30,31). The van der Waals surface area contributed by atoms with Gasteiger partial charge in [-0.2, -0.15) is 0 Å². The molecule has 1 atom stereocenters. The van der Waals surface area contributed by atoms with E-state index in [0.717, 1.165) is 5.56 Å². The van der Waals surface area contributed by atoms with Crippen molar-refractivity contribution in [2.75, 3.05) is 13.1 Å². The topological polar surface area (TPSA) is 103 Å². The van der Waals surface area contributed by atoms with E-state index in [0.29, 0.717) is 55.8 Å². The summed E-state index contributed by atoms with van der Waals surface area (Å²) >= 11 is 0. The van der Waals surface area contributed by atoms with E-state index in [1.807, 2.05) is 0 Å². The van der Waals surface area contributed by atoms with E-state index in [2.05, 4.69) is 15.2 Å². The van der Waals surface area contributed by atoms with Gasteiger partial charge in [-0.25, -0.2) is 4.39 Å². The minimum Gasteiger partial charge on any atom is -0.383 e. The second-order valence-corrected chi connectivity index (χ2v) is 9.02. The second kappa shape index (κ2) is 8.31. The lowest BCUT2D eigenvalue weighted by Crippen LogP contribution is -2.52. The van der Waals surface area contributed by atoms with Crippen LogP contribution in [0.5, 0.6) is 0 Å². The van der Waals surface area contributed by atoms with Gasteiger partial charge < -0.3 is 10.0 Å². The fraction of sp³-hybridized carbons (Fsp3) is 0.417. The summed E-state index contributed by atoms with van der Waals surface area (Å²) in [7, 11) is 0. The number of nitrogens with one attached hydrogen (secondary N) is 1. The van der Waals surface area contributed by atoms with Crippen LogP contribution >= 0.6 is 0 Å². The number of hydrogen-bond acceptors (Lipinski definition) is 6. The zero-order chi connectivity index (χ0) is 23.2. The molecule has 3 amide bonds. The maximum atomic E-state index is 13.1. The molecule has 0 saturated carbocycles. The van der Waals surface area contributed by atoms with E-state index < -0.39 is 17.6 Å². The molecule has 2 fully saturated rings. The highest BCUT2D eigenvalue weighted by Gasteiger charge is 2.41. The Kier molecular flexibility index (Phi) is 5.46. The third-order valence-electron chi connectivity index (χ3n) is 6.85. The molecule has 0 spiro atoms. The number of imide groups is 1. The van der Waals surface area contributed by atoms with Gasteiger partial charge in [0.25, 0.3) is 5.91 Å². The van der Waals surface area contributed by atoms with E-state index in [1.54, 1.807) is 24.3 Å². The van der Waals surface area contributed by atoms with Crippen LogP contribution in [-0.4, -0.2) is 56.7 Å². The van der Waals surface area contributed by atoms with Crippen molar-refractivity contribution < 1.29 is 23.9 Å². The molecule has 1 aromatic carbocycles. The van der Waals surface area contributed by atoms with Crippen LogP contribution in [0.2, 0.25) is 0 Å². The maximum Gasteiger partial charge on any atom is 0.256 e. The number of amides is 3. The first-order valence-electron chi connectivity index (χ1n) is 11.2. The van der Waals surface area contributed by atoms with Crippen molar-refractivity contribution >= 4 is 17.7 Å². The SMILES string of the molecule is O=C1CCC(N2Cc3nc(C4(O)CCN(Cc5ccc(F)cc5)CC4)ccc3C2=O)C(=O)N1. The second-order valence-electron chi connectivity index (χ2n) is 9.02. The van der Waals surface area contributed by atoms with Gasteiger partial charge in [-0.3, -0.25) is 29.6 Å². The Bertz CT molecular complexity index is 1110. The van der Waals surface area contributed by atoms with Crippen molar-refractivity contribution in [3.63, 3.8) is 0 Å². The first-order chi connectivity index (χ1) is 15.8. The molecule has 4 heterocycles. The quantitative estimate of drug-likeness (QED) is 0.681. The number of pyridine rings is 1. The van der Waals surface area contributed by atoms with Crippen LogP contribution in [-0.2, 0) is 28.3 Å². The molecule has 5 rings (SSSR count). The van der Waals surface area contributed by atoms with Crippen LogP contribution in [0.1, 0.15) is 53.0 Å². The smallest absolute Gasteiger partial charge is 0.256 e. The zero-order valence-electron chi connectivity index (χ0n) is 18.1. The van der Waals surface area contributed by atoms with E-state index >= 15 is 0 Å². The van der Waals surface area contributed by atoms with Crippen molar-refractivity contribution in [1.29, 1.82) is 0 Å². The largest absolute Gasteiger partial charge is 0.383 e. The summed E-state index contributed by atoms with van der Waals surface area (Å²) in [5.74, 6) is -1.32. The number of piperidine rings is 2. The van der Waals surface area contributed by atoms with Gasteiger partial charge >= 0.3 is 0 Å².